The summed E-state index contributed by atoms with van der Waals surface area (Å²) in [7, 11) is 0. The third-order valence-electron chi connectivity index (χ3n) is 3.72. The Morgan fingerprint density at radius 1 is 1.42 bits per heavy atom. The predicted molar refractivity (Wildman–Crippen MR) is 70.3 cm³/mol. The van der Waals surface area contributed by atoms with Gasteiger partial charge in [0, 0.05) is 18.2 Å². The van der Waals surface area contributed by atoms with Gasteiger partial charge in [0.05, 0.1) is 6.04 Å². The van der Waals surface area contributed by atoms with Gasteiger partial charge in [0.15, 0.2) is 0 Å². The zero-order chi connectivity index (χ0) is 13.8. The molecule has 0 radical (unpaired) electrons. The maximum absolute atomic E-state index is 12.5. The zero-order valence-electron chi connectivity index (χ0n) is 11.1. The van der Waals surface area contributed by atoms with Crippen molar-refractivity contribution in [2.75, 3.05) is 13.1 Å². The number of hydrogen-bond donors (Lipinski definition) is 1. The second kappa shape index (κ2) is 6.30. The second-order valence-electron chi connectivity index (χ2n) is 4.90. The van der Waals surface area contributed by atoms with Crippen molar-refractivity contribution in [2.24, 2.45) is 5.73 Å². The Bertz CT molecular complexity index is 414. The molecular formula is C14H20F2N2O. The van der Waals surface area contributed by atoms with Crippen molar-refractivity contribution in [1.29, 1.82) is 0 Å². The van der Waals surface area contributed by atoms with Crippen molar-refractivity contribution in [2.45, 2.75) is 38.5 Å². The molecule has 2 atom stereocenters. The number of halogens is 2. The van der Waals surface area contributed by atoms with Crippen LogP contribution >= 0.6 is 0 Å². The van der Waals surface area contributed by atoms with Gasteiger partial charge in [-0.15, -0.1) is 0 Å². The maximum Gasteiger partial charge on any atom is 0.387 e. The molecule has 0 amide bonds. The van der Waals surface area contributed by atoms with Gasteiger partial charge >= 0.3 is 6.61 Å². The van der Waals surface area contributed by atoms with E-state index in [9.17, 15) is 8.78 Å². The minimum absolute atomic E-state index is 0.0625. The molecule has 0 spiro atoms. The lowest BCUT2D eigenvalue weighted by Crippen LogP contribution is -2.36. The van der Waals surface area contributed by atoms with Gasteiger partial charge in [-0.3, -0.25) is 4.90 Å². The molecule has 1 aliphatic heterocycles. The SMILES string of the molecule is CC1CCCN1C(CN)c1ccccc1OC(F)F. The number of benzene rings is 1. The molecule has 1 saturated heterocycles. The Kier molecular flexibility index (Phi) is 4.71. The number of hydrogen-bond acceptors (Lipinski definition) is 3. The van der Waals surface area contributed by atoms with Gasteiger partial charge < -0.3 is 10.5 Å². The summed E-state index contributed by atoms with van der Waals surface area (Å²) in [6.07, 6.45) is 2.24. The highest BCUT2D eigenvalue weighted by atomic mass is 19.3. The smallest absolute Gasteiger partial charge is 0.387 e. The van der Waals surface area contributed by atoms with E-state index in [1.807, 2.05) is 12.1 Å². The molecule has 106 valence electrons. The summed E-state index contributed by atoms with van der Waals surface area (Å²) < 4.78 is 29.5. The number of likely N-dealkylation sites (tertiary alicyclic amines) is 1. The lowest BCUT2D eigenvalue weighted by atomic mass is 10.0. The van der Waals surface area contributed by atoms with Crippen LogP contribution in [-0.4, -0.2) is 30.6 Å². The predicted octanol–water partition coefficient (Wildman–Crippen LogP) is 2.77. The fourth-order valence-electron chi connectivity index (χ4n) is 2.82. The van der Waals surface area contributed by atoms with Crippen molar-refractivity contribution in [3.05, 3.63) is 29.8 Å². The highest BCUT2D eigenvalue weighted by Crippen LogP contribution is 2.34. The Hall–Kier alpha value is -1.20. The first-order valence-corrected chi connectivity index (χ1v) is 6.63. The molecule has 0 aliphatic carbocycles. The molecule has 19 heavy (non-hydrogen) atoms. The van der Waals surface area contributed by atoms with Gasteiger partial charge in [-0.2, -0.15) is 8.78 Å². The lowest BCUT2D eigenvalue weighted by molar-refractivity contribution is -0.0512. The standard InChI is InChI=1S/C14H20F2N2O/c1-10-5-4-8-18(10)12(9-17)11-6-2-3-7-13(11)19-14(15)16/h2-3,6-7,10,12,14H,4-5,8-9,17H2,1H3. The summed E-state index contributed by atoms with van der Waals surface area (Å²) in [5, 5.41) is 0. The fourth-order valence-corrected chi connectivity index (χ4v) is 2.82. The summed E-state index contributed by atoms with van der Waals surface area (Å²) in [6.45, 7) is 0.683. The van der Waals surface area contributed by atoms with Crippen LogP contribution in [0.4, 0.5) is 8.78 Å². The first kappa shape index (κ1) is 14.2. The molecule has 2 unspecified atom stereocenters. The number of ether oxygens (including phenoxy) is 1. The number of rotatable bonds is 5. The third kappa shape index (κ3) is 3.22. The van der Waals surface area contributed by atoms with Crippen LogP contribution in [0.3, 0.4) is 0 Å². The van der Waals surface area contributed by atoms with Crippen molar-refractivity contribution < 1.29 is 13.5 Å². The van der Waals surface area contributed by atoms with Crippen molar-refractivity contribution in [1.82, 2.24) is 4.90 Å². The topological polar surface area (TPSA) is 38.5 Å². The van der Waals surface area contributed by atoms with Gasteiger partial charge in [-0.05, 0) is 32.4 Å². The van der Waals surface area contributed by atoms with Crippen LogP contribution in [0.15, 0.2) is 24.3 Å². The van der Waals surface area contributed by atoms with Crippen LogP contribution in [-0.2, 0) is 0 Å². The number of nitrogens with two attached hydrogens (primary N) is 1. The molecule has 5 heteroatoms. The highest BCUT2D eigenvalue weighted by Gasteiger charge is 2.29. The summed E-state index contributed by atoms with van der Waals surface area (Å²) in [5.74, 6) is 0.229. The molecule has 1 fully saturated rings. The normalized spacial score (nSPS) is 21.8. The van der Waals surface area contributed by atoms with E-state index < -0.39 is 6.61 Å². The van der Waals surface area contributed by atoms with E-state index in [1.54, 1.807) is 12.1 Å². The van der Waals surface area contributed by atoms with Crippen LogP contribution in [0.5, 0.6) is 5.75 Å². The Morgan fingerprint density at radius 2 is 2.16 bits per heavy atom. The van der Waals surface area contributed by atoms with E-state index in [2.05, 4.69) is 16.6 Å². The molecule has 3 nitrogen and oxygen atoms in total. The molecule has 1 heterocycles. The average molecular weight is 270 g/mol. The quantitative estimate of drug-likeness (QED) is 0.894. The molecular weight excluding hydrogens is 250 g/mol. The van der Waals surface area contributed by atoms with Crippen LogP contribution in [0.2, 0.25) is 0 Å². The maximum atomic E-state index is 12.5. The fraction of sp³-hybridized carbons (Fsp3) is 0.571. The molecule has 1 aliphatic rings. The van der Waals surface area contributed by atoms with Gasteiger partial charge in [0.1, 0.15) is 5.75 Å². The second-order valence-corrected chi connectivity index (χ2v) is 4.90. The van der Waals surface area contributed by atoms with Gasteiger partial charge in [-0.25, -0.2) is 0 Å². The number of nitrogens with zero attached hydrogens (tertiary/aromatic N) is 1. The molecule has 1 aromatic carbocycles. The summed E-state index contributed by atoms with van der Waals surface area (Å²) in [6, 6.07) is 7.28. The number of alkyl halides is 2. The Balaban J connectivity index is 2.27. The monoisotopic (exact) mass is 270 g/mol. The van der Waals surface area contributed by atoms with Gasteiger partial charge in [0.2, 0.25) is 0 Å². The molecule has 0 aromatic heterocycles. The highest BCUT2D eigenvalue weighted by molar-refractivity contribution is 5.36. The molecule has 2 rings (SSSR count). The summed E-state index contributed by atoms with van der Waals surface area (Å²) in [4.78, 5) is 2.27. The van der Waals surface area contributed by atoms with E-state index in [0.717, 1.165) is 24.9 Å². The summed E-state index contributed by atoms with van der Waals surface area (Å²) >= 11 is 0. The van der Waals surface area contributed by atoms with Crippen LogP contribution in [0.1, 0.15) is 31.4 Å². The van der Waals surface area contributed by atoms with Crippen molar-refractivity contribution in [3.8, 4) is 5.75 Å². The first-order chi connectivity index (χ1) is 9.13. The van der Waals surface area contributed by atoms with Gasteiger partial charge in [-0.1, -0.05) is 18.2 Å². The zero-order valence-corrected chi connectivity index (χ0v) is 11.1. The van der Waals surface area contributed by atoms with Crippen molar-refractivity contribution >= 4 is 0 Å². The summed E-state index contributed by atoms with van der Waals surface area (Å²) in [5.41, 5.74) is 6.61. The van der Waals surface area contributed by atoms with Gasteiger partial charge in [0.25, 0.3) is 0 Å². The molecule has 0 saturated carbocycles. The van der Waals surface area contributed by atoms with Crippen LogP contribution in [0, 0.1) is 0 Å². The average Bonchev–Trinajstić information content (AvgIpc) is 2.78. The minimum atomic E-state index is -2.81. The van der Waals surface area contributed by atoms with E-state index in [4.69, 9.17) is 5.73 Å². The largest absolute Gasteiger partial charge is 0.434 e. The molecule has 1 aromatic rings. The Morgan fingerprint density at radius 3 is 2.74 bits per heavy atom. The lowest BCUT2D eigenvalue weighted by Gasteiger charge is -2.31. The van der Waals surface area contributed by atoms with E-state index in [0.29, 0.717) is 12.6 Å². The minimum Gasteiger partial charge on any atom is -0.434 e. The van der Waals surface area contributed by atoms with Crippen LogP contribution in [0.25, 0.3) is 0 Å². The van der Waals surface area contributed by atoms with Crippen molar-refractivity contribution in [3.63, 3.8) is 0 Å². The van der Waals surface area contributed by atoms with Crippen LogP contribution < -0.4 is 10.5 Å². The Labute approximate surface area is 112 Å². The van der Waals surface area contributed by atoms with E-state index in [1.165, 1.54) is 0 Å². The van der Waals surface area contributed by atoms with E-state index >= 15 is 0 Å². The first-order valence-electron chi connectivity index (χ1n) is 6.63. The van der Waals surface area contributed by atoms with E-state index in [-0.39, 0.29) is 11.8 Å². The molecule has 0 bridgehead atoms. The molecule has 2 N–H and O–H groups in total. The number of para-hydroxylation sites is 1. The third-order valence-corrected chi connectivity index (χ3v) is 3.72.